The highest BCUT2D eigenvalue weighted by atomic mass is 79.9. The Kier molecular flexibility index (Phi) is 6.30. The van der Waals surface area contributed by atoms with Crippen LogP contribution in [0.15, 0.2) is 65.1 Å². The molecule has 3 aromatic carbocycles. The molecule has 0 bridgehead atoms. The molecule has 0 amide bonds. The van der Waals surface area contributed by atoms with Gasteiger partial charge in [-0.15, -0.1) is 0 Å². The van der Waals surface area contributed by atoms with E-state index in [0.29, 0.717) is 16.6 Å². The topological polar surface area (TPSA) is 41.5 Å². The number of phenolic OH excluding ortho intramolecular Hbond substituents is 1. The van der Waals surface area contributed by atoms with Crippen molar-refractivity contribution in [2.75, 3.05) is 5.32 Å². The van der Waals surface area contributed by atoms with E-state index in [1.54, 1.807) is 30.3 Å². The van der Waals surface area contributed by atoms with Crippen molar-refractivity contribution < 1.29 is 9.84 Å². The van der Waals surface area contributed by atoms with E-state index < -0.39 is 0 Å². The van der Waals surface area contributed by atoms with E-state index in [1.807, 2.05) is 30.3 Å². The van der Waals surface area contributed by atoms with Gasteiger partial charge in [-0.1, -0.05) is 45.2 Å². The van der Waals surface area contributed by atoms with Crippen molar-refractivity contribution in [3.8, 4) is 11.5 Å². The van der Waals surface area contributed by atoms with Crippen LogP contribution in [0.25, 0.3) is 0 Å². The largest absolute Gasteiger partial charge is 0.508 e. The molecular formula is C20H16BrCl2NO2. The SMILES string of the molecule is Oc1ccc(NCc2cc(Br)ccc2OCc2c(Cl)cccc2Cl)cc1. The standard InChI is InChI=1S/C20H16BrCl2NO2/c21-14-4-9-20(26-12-17-18(22)2-1-3-19(17)23)13(10-14)11-24-15-5-7-16(25)8-6-15/h1-10,24-25H,11-12H2. The van der Waals surface area contributed by atoms with Crippen molar-refractivity contribution in [3.63, 3.8) is 0 Å². The summed E-state index contributed by atoms with van der Waals surface area (Å²) in [6, 6.07) is 18.1. The maximum Gasteiger partial charge on any atom is 0.124 e. The molecule has 3 aromatic rings. The lowest BCUT2D eigenvalue weighted by Gasteiger charge is -2.15. The van der Waals surface area contributed by atoms with Gasteiger partial charge in [0.1, 0.15) is 18.1 Å². The second-order valence-electron chi connectivity index (χ2n) is 5.64. The number of aromatic hydroxyl groups is 1. The lowest BCUT2D eigenvalue weighted by molar-refractivity contribution is 0.303. The van der Waals surface area contributed by atoms with Gasteiger partial charge in [-0.05, 0) is 54.6 Å². The van der Waals surface area contributed by atoms with E-state index in [9.17, 15) is 5.11 Å². The summed E-state index contributed by atoms with van der Waals surface area (Å²) in [5, 5.41) is 13.8. The zero-order valence-electron chi connectivity index (χ0n) is 13.7. The van der Waals surface area contributed by atoms with Gasteiger partial charge >= 0.3 is 0 Å². The van der Waals surface area contributed by atoms with Crippen molar-refractivity contribution in [2.24, 2.45) is 0 Å². The maximum absolute atomic E-state index is 9.37. The fourth-order valence-corrected chi connectivity index (χ4v) is 3.34. The van der Waals surface area contributed by atoms with E-state index in [1.165, 1.54) is 0 Å². The molecule has 0 aliphatic rings. The molecule has 3 nitrogen and oxygen atoms in total. The van der Waals surface area contributed by atoms with Gasteiger partial charge in [-0.25, -0.2) is 0 Å². The molecule has 0 unspecified atom stereocenters. The molecule has 0 atom stereocenters. The van der Waals surface area contributed by atoms with Crippen LogP contribution in [0.3, 0.4) is 0 Å². The molecule has 0 saturated heterocycles. The van der Waals surface area contributed by atoms with Crippen LogP contribution in [0.5, 0.6) is 11.5 Å². The molecule has 0 aromatic heterocycles. The third-order valence-electron chi connectivity index (χ3n) is 3.81. The number of anilines is 1. The van der Waals surface area contributed by atoms with Crippen molar-refractivity contribution in [2.45, 2.75) is 13.2 Å². The monoisotopic (exact) mass is 451 g/mol. The van der Waals surface area contributed by atoms with E-state index in [4.69, 9.17) is 27.9 Å². The molecule has 0 saturated carbocycles. The minimum Gasteiger partial charge on any atom is -0.508 e. The van der Waals surface area contributed by atoms with E-state index in [2.05, 4.69) is 21.2 Å². The quantitative estimate of drug-likeness (QED) is 0.411. The minimum atomic E-state index is 0.235. The molecule has 6 heteroatoms. The summed E-state index contributed by atoms with van der Waals surface area (Å²) in [7, 11) is 0. The van der Waals surface area contributed by atoms with E-state index in [0.717, 1.165) is 27.0 Å². The zero-order chi connectivity index (χ0) is 18.5. The number of phenols is 1. The fraction of sp³-hybridized carbons (Fsp3) is 0.100. The van der Waals surface area contributed by atoms with Crippen LogP contribution in [-0.4, -0.2) is 5.11 Å². The number of rotatable bonds is 6. The first kappa shape index (κ1) is 18.9. The predicted octanol–water partition coefficient (Wildman–Crippen LogP) is 6.65. The Bertz CT molecular complexity index is 881. The molecule has 3 rings (SSSR count). The van der Waals surface area contributed by atoms with Crippen molar-refractivity contribution in [3.05, 3.63) is 86.3 Å². The summed E-state index contributed by atoms with van der Waals surface area (Å²) in [6.07, 6.45) is 0. The highest BCUT2D eigenvalue weighted by Crippen LogP contribution is 2.29. The summed E-state index contributed by atoms with van der Waals surface area (Å²) >= 11 is 15.9. The Hall–Kier alpha value is -1.88. The smallest absolute Gasteiger partial charge is 0.124 e. The van der Waals surface area contributed by atoms with Crippen LogP contribution in [0, 0.1) is 0 Å². The number of hydrogen-bond donors (Lipinski definition) is 2. The van der Waals surface area contributed by atoms with Crippen LogP contribution in [0.4, 0.5) is 5.69 Å². The van der Waals surface area contributed by atoms with Crippen LogP contribution in [0.2, 0.25) is 10.0 Å². The van der Waals surface area contributed by atoms with Crippen molar-refractivity contribution >= 4 is 44.8 Å². The lowest BCUT2D eigenvalue weighted by Crippen LogP contribution is -2.04. The number of hydrogen-bond acceptors (Lipinski definition) is 3. The summed E-state index contributed by atoms with van der Waals surface area (Å²) in [5.41, 5.74) is 2.65. The molecule has 26 heavy (non-hydrogen) atoms. The van der Waals surface area contributed by atoms with Crippen LogP contribution < -0.4 is 10.1 Å². The van der Waals surface area contributed by atoms with Gasteiger partial charge in [0.25, 0.3) is 0 Å². The number of ether oxygens (including phenoxy) is 1. The first-order chi connectivity index (χ1) is 12.5. The number of halogens is 3. The lowest BCUT2D eigenvalue weighted by atomic mass is 10.2. The second-order valence-corrected chi connectivity index (χ2v) is 7.37. The fourth-order valence-electron chi connectivity index (χ4n) is 2.42. The molecule has 0 radical (unpaired) electrons. The number of benzene rings is 3. The molecule has 0 aliphatic heterocycles. The summed E-state index contributed by atoms with van der Waals surface area (Å²) in [5.74, 6) is 0.981. The Morgan fingerprint density at radius 2 is 1.65 bits per heavy atom. The Morgan fingerprint density at radius 1 is 0.962 bits per heavy atom. The van der Waals surface area contributed by atoms with Gasteiger partial charge in [0.2, 0.25) is 0 Å². The average molecular weight is 453 g/mol. The predicted molar refractivity (Wildman–Crippen MR) is 110 cm³/mol. The van der Waals surface area contributed by atoms with Crippen LogP contribution in [-0.2, 0) is 13.2 Å². The Morgan fingerprint density at radius 3 is 2.35 bits per heavy atom. The summed E-state index contributed by atoms with van der Waals surface area (Å²) < 4.78 is 6.94. The highest BCUT2D eigenvalue weighted by Gasteiger charge is 2.09. The van der Waals surface area contributed by atoms with Gasteiger partial charge in [-0.2, -0.15) is 0 Å². The van der Waals surface area contributed by atoms with E-state index >= 15 is 0 Å². The van der Waals surface area contributed by atoms with Gasteiger partial charge < -0.3 is 15.2 Å². The Balaban J connectivity index is 1.74. The maximum atomic E-state index is 9.37. The third kappa shape index (κ3) is 4.85. The second kappa shape index (κ2) is 8.67. The molecule has 134 valence electrons. The first-order valence-corrected chi connectivity index (χ1v) is 9.45. The van der Waals surface area contributed by atoms with Crippen LogP contribution >= 0.6 is 39.1 Å². The van der Waals surface area contributed by atoms with Gasteiger partial charge in [0.05, 0.1) is 0 Å². The third-order valence-corrected chi connectivity index (χ3v) is 5.01. The van der Waals surface area contributed by atoms with Crippen molar-refractivity contribution in [1.82, 2.24) is 0 Å². The van der Waals surface area contributed by atoms with Crippen LogP contribution in [0.1, 0.15) is 11.1 Å². The molecular weight excluding hydrogens is 437 g/mol. The molecule has 0 aliphatic carbocycles. The first-order valence-electron chi connectivity index (χ1n) is 7.90. The summed E-state index contributed by atoms with van der Waals surface area (Å²) in [6.45, 7) is 0.849. The molecule has 0 heterocycles. The zero-order valence-corrected chi connectivity index (χ0v) is 16.8. The molecule has 0 spiro atoms. The summed E-state index contributed by atoms with van der Waals surface area (Å²) in [4.78, 5) is 0. The Labute approximate surface area is 170 Å². The van der Waals surface area contributed by atoms with Gasteiger partial charge in [0, 0.05) is 37.9 Å². The highest BCUT2D eigenvalue weighted by molar-refractivity contribution is 9.10. The molecule has 2 N–H and O–H groups in total. The molecule has 0 fully saturated rings. The minimum absolute atomic E-state index is 0.235. The van der Waals surface area contributed by atoms with Gasteiger partial charge in [-0.3, -0.25) is 0 Å². The normalized spacial score (nSPS) is 10.6. The average Bonchev–Trinajstić information content (AvgIpc) is 2.62. The van der Waals surface area contributed by atoms with Crippen molar-refractivity contribution in [1.29, 1.82) is 0 Å². The van der Waals surface area contributed by atoms with E-state index in [-0.39, 0.29) is 12.4 Å². The number of nitrogens with one attached hydrogen (secondary N) is 1. The van der Waals surface area contributed by atoms with Gasteiger partial charge in [0.15, 0.2) is 0 Å².